The summed E-state index contributed by atoms with van der Waals surface area (Å²) in [7, 11) is 0. The van der Waals surface area contributed by atoms with Crippen molar-refractivity contribution >= 4 is 5.91 Å². The number of amides is 1. The molecule has 2 atom stereocenters. The monoisotopic (exact) mass is 374 g/mol. The quantitative estimate of drug-likeness (QED) is 0.807. The second-order valence-electron chi connectivity index (χ2n) is 7.03. The lowest BCUT2D eigenvalue weighted by Crippen LogP contribution is -2.62. The third-order valence-corrected chi connectivity index (χ3v) is 5.46. The van der Waals surface area contributed by atoms with Gasteiger partial charge in [-0.1, -0.05) is 0 Å². The minimum atomic E-state index is -3.10. The zero-order chi connectivity index (χ0) is 19.7. The van der Waals surface area contributed by atoms with E-state index in [1.807, 2.05) is 12.1 Å². The number of likely N-dealkylation sites (tertiary alicyclic amines) is 1. The number of carbonyl (C=O) groups is 1. The summed E-state index contributed by atoms with van der Waals surface area (Å²) >= 11 is 0. The Morgan fingerprint density at radius 3 is 2.59 bits per heavy atom. The summed E-state index contributed by atoms with van der Waals surface area (Å²) in [5.74, 6) is -4.27. The number of rotatable bonds is 4. The summed E-state index contributed by atoms with van der Waals surface area (Å²) in [5.41, 5.74) is 4.69. The maximum atomic E-state index is 14.2. The highest BCUT2D eigenvalue weighted by molar-refractivity contribution is 5.86. The van der Waals surface area contributed by atoms with Crippen molar-refractivity contribution in [1.29, 1.82) is 10.5 Å². The SMILES string of the molecule is N#Cc1ccc(C(C(N)=O)(C2CCNCC2)N2CC(F)(F)C[C@H]2C#N)nc1. The summed E-state index contributed by atoms with van der Waals surface area (Å²) in [5, 5.41) is 21.7. The molecule has 27 heavy (non-hydrogen) atoms. The largest absolute Gasteiger partial charge is 0.368 e. The maximum absolute atomic E-state index is 14.2. The molecule has 2 aliphatic rings. The van der Waals surface area contributed by atoms with E-state index in [-0.39, 0.29) is 17.2 Å². The van der Waals surface area contributed by atoms with Crippen molar-refractivity contribution in [2.24, 2.45) is 11.7 Å². The van der Waals surface area contributed by atoms with Crippen LogP contribution in [0.25, 0.3) is 0 Å². The van der Waals surface area contributed by atoms with Gasteiger partial charge in [0, 0.05) is 12.6 Å². The number of nitrogens with one attached hydrogen (secondary N) is 1. The van der Waals surface area contributed by atoms with E-state index in [0.717, 1.165) is 0 Å². The Balaban J connectivity index is 2.19. The molecule has 7 nitrogen and oxygen atoms in total. The molecule has 2 aliphatic heterocycles. The molecule has 0 aliphatic carbocycles. The first-order valence-corrected chi connectivity index (χ1v) is 8.76. The van der Waals surface area contributed by atoms with E-state index >= 15 is 0 Å². The van der Waals surface area contributed by atoms with Gasteiger partial charge >= 0.3 is 0 Å². The van der Waals surface area contributed by atoms with Gasteiger partial charge in [-0.15, -0.1) is 0 Å². The van der Waals surface area contributed by atoms with Crippen molar-refractivity contribution in [3.63, 3.8) is 0 Å². The van der Waals surface area contributed by atoms with Crippen molar-refractivity contribution in [3.05, 3.63) is 29.6 Å². The molecule has 0 spiro atoms. The number of alkyl halides is 2. The van der Waals surface area contributed by atoms with Gasteiger partial charge in [-0.05, 0) is 44.0 Å². The van der Waals surface area contributed by atoms with Crippen LogP contribution in [0.5, 0.6) is 0 Å². The van der Waals surface area contributed by atoms with Crippen molar-refractivity contribution in [1.82, 2.24) is 15.2 Å². The zero-order valence-corrected chi connectivity index (χ0v) is 14.7. The lowest BCUT2D eigenvalue weighted by atomic mass is 9.73. The van der Waals surface area contributed by atoms with Gasteiger partial charge < -0.3 is 11.1 Å². The average molecular weight is 374 g/mol. The van der Waals surface area contributed by atoms with Crippen molar-refractivity contribution in [2.45, 2.75) is 36.8 Å². The number of nitrogens with zero attached hydrogens (tertiary/aromatic N) is 4. The van der Waals surface area contributed by atoms with Gasteiger partial charge in [-0.2, -0.15) is 10.5 Å². The summed E-state index contributed by atoms with van der Waals surface area (Å²) in [6.07, 6.45) is 1.71. The van der Waals surface area contributed by atoms with Crippen LogP contribution in [0.1, 0.15) is 30.5 Å². The number of nitriles is 2. The molecule has 0 aromatic carbocycles. The topological polar surface area (TPSA) is 119 Å². The first-order valence-electron chi connectivity index (χ1n) is 8.76. The minimum Gasteiger partial charge on any atom is -0.368 e. The van der Waals surface area contributed by atoms with Crippen LogP contribution in [0.4, 0.5) is 8.78 Å². The summed E-state index contributed by atoms with van der Waals surface area (Å²) in [6.45, 7) is 0.481. The molecule has 2 saturated heterocycles. The fraction of sp³-hybridized carbons (Fsp3) is 0.556. The fourth-order valence-electron chi connectivity index (χ4n) is 4.29. The molecular weight excluding hydrogens is 354 g/mol. The van der Waals surface area contributed by atoms with Gasteiger partial charge in [0.05, 0.1) is 23.9 Å². The predicted octanol–water partition coefficient (Wildman–Crippen LogP) is 0.867. The predicted molar refractivity (Wildman–Crippen MR) is 91.1 cm³/mol. The molecule has 9 heteroatoms. The van der Waals surface area contributed by atoms with E-state index in [1.165, 1.54) is 23.2 Å². The molecular formula is C18H20F2N6O. The van der Waals surface area contributed by atoms with Crippen LogP contribution in [0.2, 0.25) is 0 Å². The Morgan fingerprint density at radius 1 is 1.37 bits per heavy atom. The van der Waals surface area contributed by atoms with Gasteiger partial charge in [-0.25, -0.2) is 8.78 Å². The van der Waals surface area contributed by atoms with Crippen LogP contribution in [0.3, 0.4) is 0 Å². The van der Waals surface area contributed by atoms with Gasteiger partial charge in [0.2, 0.25) is 5.91 Å². The van der Waals surface area contributed by atoms with E-state index in [2.05, 4.69) is 10.3 Å². The van der Waals surface area contributed by atoms with Crippen LogP contribution in [-0.4, -0.2) is 47.4 Å². The third kappa shape index (κ3) is 3.25. The van der Waals surface area contributed by atoms with Crippen molar-refractivity contribution in [2.75, 3.05) is 19.6 Å². The Bertz CT molecular complexity index is 794. The first-order chi connectivity index (χ1) is 12.8. The molecule has 0 saturated carbocycles. The number of aromatic nitrogens is 1. The lowest BCUT2D eigenvalue weighted by Gasteiger charge is -2.46. The molecule has 142 valence electrons. The number of halogens is 2. The van der Waals surface area contributed by atoms with Gasteiger partial charge in [0.1, 0.15) is 17.6 Å². The Labute approximate surface area is 155 Å². The summed E-state index contributed by atoms with van der Waals surface area (Å²) < 4.78 is 28.4. The first kappa shape index (κ1) is 19.2. The molecule has 3 rings (SSSR count). The standard InChI is InChI=1S/C18H20F2N6O/c19-17(20)7-14(9-22)26(11-17)18(16(23)27,13-3-5-24-6-4-13)15-2-1-12(8-21)10-25-15/h1-2,10,13-14,24H,3-7,11H2,(H2,23,27)/t14-,18?/m0/s1. The highest BCUT2D eigenvalue weighted by Gasteiger charge is 2.60. The number of carbonyl (C=O) groups excluding carboxylic acids is 1. The van der Waals surface area contributed by atoms with Crippen LogP contribution < -0.4 is 11.1 Å². The number of pyridine rings is 1. The number of hydrogen-bond donors (Lipinski definition) is 2. The number of nitrogens with two attached hydrogens (primary N) is 1. The third-order valence-electron chi connectivity index (χ3n) is 5.46. The van der Waals surface area contributed by atoms with E-state index in [9.17, 15) is 18.8 Å². The van der Waals surface area contributed by atoms with Crippen LogP contribution >= 0.6 is 0 Å². The molecule has 3 N–H and O–H groups in total. The smallest absolute Gasteiger partial charge is 0.263 e. The molecule has 2 fully saturated rings. The highest BCUT2D eigenvalue weighted by atomic mass is 19.3. The molecule has 1 amide bonds. The van der Waals surface area contributed by atoms with Crippen LogP contribution in [0, 0.1) is 28.6 Å². The Morgan fingerprint density at radius 2 is 2.07 bits per heavy atom. The molecule has 0 radical (unpaired) electrons. The van der Waals surface area contributed by atoms with E-state index in [0.29, 0.717) is 25.9 Å². The average Bonchev–Trinajstić information content (AvgIpc) is 2.98. The van der Waals surface area contributed by atoms with Gasteiger partial charge in [0.25, 0.3) is 5.92 Å². The molecule has 3 heterocycles. The zero-order valence-electron chi connectivity index (χ0n) is 14.7. The van der Waals surface area contributed by atoms with E-state index < -0.39 is 36.4 Å². The van der Waals surface area contributed by atoms with Gasteiger partial charge in [0.15, 0.2) is 0 Å². The van der Waals surface area contributed by atoms with E-state index in [1.54, 1.807) is 0 Å². The summed E-state index contributed by atoms with van der Waals surface area (Å²) in [4.78, 5) is 18.3. The Kier molecular flexibility index (Phi) is 5.09. The Hall–Kier alpha value is -2.62. The normalized spacial score (nSPS) is 25.3. The highest BCUT2D eigenvalue weighted by Crippen LogP contribution is 2.46. The minimum absolute atomic E-state index is 0.207. The molecule has 0 bridgehead atoms. The number of primary amides is 1. The molecule has 1 aromatic rings. The number of piperidine rings is 1. The molecule has 1 aromatic heterocycles. The fourth-order valence-corrected chi connectivity index (χ4v) is 4.29. The van der Waals surface area contributed by atoms with E-state index in [4.69, 9.17) is 11.0 Å². The lowest BCUT2D eigenvalue weighted by molar-refractivity contribution is -0.138. The van der Waals surface area contributed by atoms with Crippen LogP contribution in [-0.2, 0) is 10.3 Å². The summed E-state index contributed by atoms with van der Waals surface area (Å²) in [6, 6.07) is 5.66. The van der Waals surface area contributed by atoms with Gasteiger partial charge in [-0.3, -0.25) is 14.7 Å². The number of hydrogen-bond acceptors (Lipinski definition) is 6. The second kappa shape index (κ2) is 7.18. The molecule has 1 unspecified atom stereocenters. The van der Waals surface area contributed by atoms with Crippen LogP contribution in [0.15, 0.2) is 18.3 Å². The maximum Gasteiger partial charge on any atom is 0.263 e. The second-order valence-corrected chi connectivity index (χ2v) is 7.03. The van der Waals surface area contributed by atoms with Crippen molar-refractivity contribution < 1.29 is 13.6 Å². The van der Waals surface area contributed by atoms with Crippen molar-refractivity contribution in [3.8, 4) is 12.1 Å².